The Labute approximate surface area is 96.3 Å². The van der Waals surface area contributed by atoms with E-state index in [9.17, 15) is 0 Å². The molecule has 0 unspecified atom stereocenters. The first-order valence-corrected chi connectivity index (χ1v) is 6.12. The highest BCUT2D eigenvalue weighted by atomic mass is 14.5. The van der Waals surface area contributed by atoms with Crippen LogP contribution in [-0.2, 0) is 19.3 Å². The number of aryl methyl sites for hydroxylation is 3. The molecule has 0 fully saturated rings. The summed E-state index contributed by atoms with van der Waals surface area (Å²) in [6, 6.07) is 11.3. The quantitative estimate of drug-likeness (QED) is 0.830. The highest BCUT2D eigenvalue weighted by molar-refractivity contribution is 5.93. The van der Waals surface area contributed by atoms with Gasteiger partial charge in [-0.2, -0.15) is 0 Å². The highest BCUT2D eigenvalue weighted by Crippen LogP contribution is 2.32. The standard InChI is InChI=1S/C15H17N/c16-10-2-4-11-6-7-13-9-8-12-3-1-5-14(11)15(12)13/h1,3,5-7H,2,4,8-10,16H2. The highest BCUT2D eigenvalue weighted by Gasteiger charge is 2.15. The largest absolute Gasteiger partial charge is 0.330 e. The van der Waals surface area contributed by atoms with Crippen molar-refractivity contribution in [1.29, 1.82) is 0 Å². The summed E-state index contributed by atoms with van der Waals surface area (Å²) in [5.74, 6) is 0. The summed E-state index contributed by atoms with van der Waals surface area (Å²) < 4.78 is 0. The molecular formula is C15H17N. The van der Waals surface area contributed by atoms with Crippen molar-refractivity contribution in [3.63, 3.8) is 0 Å². The van der Waals surface area contributed by atoms with Crippen molar-refractivity contribution in [3.8, 4) is 0 Å². The summed E-state index contributed by atoms with van der Waals surface area (Å²) in [4.78, 5) is 0. The molecule has 0 heterocycles. The van der Waals surface area contributed by atoms with E-state index in [0.29, 0.717) is 0 Å². The fourth-order valence-corrected chi connectivity index (χ4v) is 2.82. The third kappa shape index (κ3) is 1.43. The normalized spacial score (nSPS) is 13.6. The minimum Gasteiger partial charge on any atom is -0.330 e. The van der Waals surface area contributed by atoms with Crippen LogP contribution in [0.4, 0.5) is 0 Å². The van der Waals surface area contributed by atoms with Gasteiger partial charge in [0.1, 0.15) is 0 Å². The van der Waals surface area contributed by atoms with E-state index < -0.39 is 0 Å². The van der Waals surface area contributed by atoms with Gasteiger partial charge in [0.2, 0.25) is 0 Å². The van der Waals surface area contributed by atoms with Crippen LogP contribution in [0.3, 0.4) is 0 Å². The van der Waals surface area contributed by atoms with E-state index in [-0.39, 0.29) is 0 Å². The predicted octanol–water partition coefficient (Wildman–Crippen LogP) is 2.83. The Morgan fingerprint density at radius 3 is 2.62 bits per heavy atom. The fraction of sp³-hybridized carbons (Fsp3) is 0.333. The SMILES string of the molecule is NCCCc1ccc2c3c(cccc13)CC2. The van der Waals surface area contributed by atoms with Crippen molar-refractivity contribution in [1.82, 2.24) is 0 Å². The third-order valence-electron chi connectivity index (χ3n) is 3.62. The molecule has 2 aromatic carbocycles. The van der Waals surface area contributed by atoms with Crippen LogP contribution < -0.4 is 5.73 Å². The van der Waals surface area contributed by atoms with E-state index in [2.05, 4.69) is 30.3 Å². The van der Waals surface area contributed by atoms with Crippen molar-refractivity contribution in [3.05, 3.63) is 47.0 Å². The molecule has 16 heavy (non-hydrogen) atoms. The summed E-state index contributed by atoms with van der Waals surface area (Å²) in [6.07, 6.45) is 4.62. The lowest BCUT2D eigenvalue weighted by Gasteiger charge is -2.08. The molecule has 2 aromatic rings. The summed E-state index contributed by atoms with van der Waals surface area (Å²) in [5, 5.41) is 2.98. The van der Waals surface area contributed by atoms with Crippen LogP contribution in [0.1, 0.15) is 23.1 Å². The van der Waals surface area contributed by atoms with E-state index in [4.69, 9.17) is 5.73 Å². The molecule has 82 valence electrons. The van der Waals surface area contributed by atoms with Crippen LogP contribution in [0.2, 0.25) is 0 Å². The molecule has 0 atom stereocenters. The summed E-state index contributed by atoms with van der Waals surface area (Å²) >= 11 is 0. The monoisotopic (exact) mass is 211 g/mol. The molecule has 0 aromatic heterocycles. The van der Waals surface area contributed by atoms with Crippen molar-refractivity contribution >= 4 is 10.8 Å². The molecule has 0 saturated carbocycles. The second-order valence-electron chi connectivity index (χ2n) is 4.62. The van der Waals surface area contributed by atoms with E-state index in [1.165, 1.54) is 40.3 Å². The Morgan fingerprint density at radius 1 is 1.00 bits per heavy atom. The topological polar surface area (TPSA) is 26.0 Å². The van der Waals surface area contributed by atoms with Crippen molar-refractivity contribution in [2.24, 2.45) is 5.73 Å². The van der Waals surface area contributed by atoms with Crippen LogP contribution >= 0.6 is 0 Å². The first kappa shape index (κ1) is 9.86. The van der Waals surface area contributed by atoms with Crippen LogP contribution in [0, 0.1) is 0 Å². The maximum Gasteiger partial charge on any atom is -0.00741 e. The molecular weight excluding hydrogens is 194 g/mol. The Hall–Kier alpha value is -1.34. The van der Waals surface area contributed by atoms with E-state index in [1.54, 1.807) is 0 Å². The van der Waals surface area contributed by atoms with Gasteiger partial charge in [-0.05, 0) is 59.7 Å². The number of rotatable bonds is 3. The number of hydrogen-bond donors (Lipinski definition) is 1. The smallest absolute Gasteiger partial charge is 0.00741 e. The number of nitrogens with two attached hydrogens (primary N) is 1. The minimum absolute atomic E-state index is 0.781. The molecule has 0 radical (unpaired) electrons. The second kappa shape index (κ2) is 3.91. The van der Waals surface area contributed by atoms with Crippen LogP contribution in [0.25, 0.3) is 10.8 Å². The van der Waals surface area contributed by atoms with Crippen molar-refractivity contribution in [2.75, 3.05) is 6.54 Å². The molecule has 1 heteroatoms. The molecule has 0 bridgehead atoms. The zero-order chi connectivity index (χ0) is 11.0. The average molecular weight is 211 g/mol. The van der Waals surface area contributed by atoms with Crippen molar-refractivity contribution in [2.45, 2.75) is 25.7 Å². The zero-order valence-corrected chi connectivity index (χ0v) is 9.50. The molecule has 1 aliphatic carbocycles. The molecule has 0 aliphatic heterocycles. The van der Waals surface area contributed by atoms with E-state index in [0.717, 1.165) is 19.4 Å². The summed E-state index contributed by atoms with van der Waals surface area (Å²) in [7, 11) is 0. The van der Waals surface area contributed by atoms with Gasteiger partial charge in [0.15, 0.2) is 0 Å². The van der Waals surface area contributed by atoms with Gasteiger partial charge in [0.05, 0.1) is 0 Å². The van der Waals surface area contributed by atoms with Crippen molar-refractivity contribution < 1.29 is 0 Å². The Balaban J connectivity index is 2.18. The summed E-state index contributed by atoms with van der Waals surface area (Å²) in [5.41, 5.74) is 10.1. The lowest BCUT2D eigenvalue weighted by Crippen LogP contribution is -2.00. The average Bonchev–Trinajstić information content (AvgIpc) is 2.74. The Kier molecular flexibility index (Phi) is 2.41. The predicted molar refractivity (Wildman–Crippen MR) is 68.7 cm³/mol. The molecule has 1 nitrogen and oxygen atoms in total. The molecule has 2 N–H and O–H groups in total. The molecule has 0 amide bonds. The van der Waals surface area contributed by atoms with Crippen LogP contribution in [0.15, 0.2) is 30.3 Å². The molecule has 1 aliphatic rings. The zero-order valence-electron chi connectivity index (χ0n) is 9.50. The minimum atomic E-state index is 0.781. The van der Waals surface area contributed by atoms with E-state index >= 15 is 0 Å². The van der Waals surface area contributed by atoms with Gasteiger partial charge in [0.25, 0.3) is 0 Å². The maximum atomic E-state index is 5.59. The molecule has 0 saturated heterocycles. The number of benzene rings is 2. The van der Waals surface area contributed by atoms with Gasteiger partial charge < -0.3 is 5.73 Å². The second-order valence-corrected chi connectivity index (χ2v) is 4.62. The lowest BCUT2D eigenvalue weighted by atomic mass is 9.97. The Bertz CT molecular complexity index is 518. The lowest BCUT2D eigenvalue weighted by molar-refractivity contribution is 0.837. The first-order chi connectivity index (χ1) is 7.90. The summed E-state index contributed by atoms with van der Waals surface area (Å²) in [6.45, 7) is 0.781. The molecule has 0 spiro atoms. The Morgan fingerprint density at radius 2 is 1.81 bits per heavy atom. The van der Waals surface area contributed by atoms with Gasteiger partial charge >= 0.3 is 0 Å². The first-order valence-electron chi connectivity index (χ1n) is 6.12. The molecule has 3 rings (SSSR count). The maximum absolute atomic E-state index is 5.59. The van der Waals surface area contributed by atoms with Crippen LogP contribution in [-0.4, -0.2) is 6.54 Å². The van der Waals surface area contributed by atoms with E-state index in [1.807, 2.05) is 0 Å². The van der Waals surface area contributed by atoms with Gasteiger partial charge in [-0.1, -0.05) is 30.3 Å². The number of hydrogen-bond acceptors (Lipinski definition) is 1. The van der Waals surface area contributed by atoms with Crippen LogP contribution in [0.5, 0.6) is 0 Å². The van der Waals surface area contributed by atoms with Gasteiger partial charge in [0, 0.05) is 0 Å². The van der Waals surface area contributed by atoms with Gasteiger partial charge in [-0.25, -0.2) is 0 Å². The van der Waals surface area contributed by atoms with Gasteiger partial charge in [-0.3, -0.25) is 0 Å². The fourth-order valence-electron chi connectivity index (χ4n) is 2.82. The third-order valence-corrected chi connectivity index (χ3v) is 3.62. The van der Waals surface area contributed by atoms with Gasteiger partial charge in [-0.15, -0.1) is 0 Å².